The molecule has 2 aromatic rings. The van der Waals surface area contributed by atoms with E-state index in [4.69, 9.17) is 27.9 Å². The monoisotopic (exact) mass is 406 g/mol. The van der Waals surface area contributed by atoms with Crippen LogP contribution in [0.25, 0.3) is 0 Å². The Kier molecular flexibility index (Phi) is 6.60. The second-order valence-corrected chi connectivity index (χ2v) is 5.85. The molecular formula is C17H12Cl2N4O4. The average molecular weight is 407 g/mol. The van der Waals surface area contributed by atoms with Gasteiger partial charge in [0.25, 0.3) is 11.6 Å². The molecule has 0 aliphatic heterocycles. The van der Waals surface area contributed by atoms with E-state index in [1.165, 1.54) is 43.5 Å². The summed E-state index contributed by atoms with van der Waals surface area (Å²) in [7, 11) is 1.34. The number of nitro groups is 1. The van der Waals surface area contributed by atoms with Crippen LogP contribution in [0.4, 0.5) is 17.1 Å². The summed E-state index contributed by atoms with van der Waals surface area (Å²) in [6.07, 6.45) is 1.16. The molecule has 0 aliphatic carbocycles. The molecule has 27 heavy (non-hydrogen) atoms. The lowest BCUT2D eigenvalue weighted by atomic mass is 10.2. The number of nitro benzene ring substituents is 1. The molecule has 10 heteroatoms. The van der Waals surface area contributed by atoms with Crippen LogP contribution in [0.1, 0.15) is 0 Å². The minimum atomic E-state index is -0.677. The Morgan fingerprint density at radius 2 is 2.00 bits per heavy atom. The lowest BCUT2D eigenvalue weighted by molar-refractivity contribution is -0.384. The van der Waals surface area contributed by atoms with Crippen LogP contribution in [-0.4, -0.2) is 17.9 Å². The van der Waals surface area contributed by atoms with E-state index in [9.17, 15) is 20.2 Å². The summed E-state index contributed by atoms with van der Waals surface area (Å²) in [5.74, 6) is -0.494. The molecule has 2 N–H and O–H groups in total. The summed E-state index contributed by atoms with van der Waals surface area (Å²) < 4.78 is 5.08. The van der Waals surface area contributed by atoms with Crippen LogP contribution in [0.3, 0.4) is 0 Å². The Morgan fingerprint density at radius 3 is 2.59 bits per heavy atom. The van der Waals surface area contributed by atoms with Crippen LogP contribution < -0.4 is 15.4 Å². The Balaban J connectivity index is 2.18. The normalized spacial score (nSPS) is 10.7. The first-order chi connectivity index (χ1) is 12.8. The van der Waals surface area contributed by atoms with Crippen LogP contribution in [0, 0.1) is 21.4 Å². The number of amides is 1. The molecule has 0 saturated heterocycles. The number of carbonyl (C=O) groups is 1. The maximum absolute atomic E-state index is 12.2. The topological polar surface area (TPSA) is 117 Å². The lowest BCUT2D eigenvalue weighted by Crippen LogP contribution is -2.14. The summed E-state index contributed by atoms with van der Waals surface area (Å²) >= 11 is 11.7. The molecule has 0 spiro atoms. The molecule has 0 saturated carbocycles. The molecule has 0 bridgehead atoms. The fourth-order valence-corrected chi connectivity index (χ4v) is 2.28. The Hall–Kier alpha value is -3.28. The number of non-ortho nitro benzene ring substituents is 1. The standard InChI is InChI=1S/C17H12Cl2N4O4/c1-27-16-7-12(23(25)26)3-5-15(16)21-9-10(8-20)17(24)22-11-2-4-13(18)14(19)6-11/h2-7,9,21H,1H3,(H,22,24)/b10-9-. The second kappa shape index (κ2) is 8.89. The smallest absolute Gasteiger partial charge is 0.273 e. The quantitative estimate of drug-likeness (QED) is 0.318. The second-order valence-electron chi connectivity index (χ2n) is 5.04. The van der Waals surface area contributed by atoms with E-state index >= 15 is 0 Å². The summed E-state index contributed by atoms with van der Waals surface area (Å²) in [5.41, 5.74) is 0.322. The molecule has 0 heterocycles. The van der Waals surface area contributed by atoms with Crippen LogP contribution in [0.15, 0.2) is 48.2 Å². The Labute approximate surface area is 164 Å². The Bertz CT molecular complexity index is 970. The zero-order valence-corrected chi connectivity index (χ0v) is 15.3. The zero-order chi connectivity index (χ0) is 20.0. The zero-order valence-electron chi connectivity index (χ0n) is 13.8. The number of hydrogen-bond acceptors (Lipinski definition) is 6. The van der Waals surface area contributed by atoms with Crippen LogP contribution in [0.5, 0.6) is 5.75 Å². The molecule has 0 aliphatic rings. The fraction of sp³-hybridized carbons (Fsp3) is 0.0588. The van der Waals surface area contributed by atoms with Crippen molar-refractivity contribution in [1.82, 2.24) is 0 Å². The number of rotatable bonds is 6. The van der Waals surface area contributed by atoms with Crippen molar-refractivity contribution >= 4 is 46.2 Å². The average Bonchev–Trinajstić information content (AvgIpc) is 2.65. The molecule has 0 aromatic heterocycles. The maximum atomic E-state index is 12.2. The van der Waals surface area contributed by atoms with Gasteiger partial charge in [-0.2, -0.15) is 5.26 Å². The molecule has 0 atom stereocenters. The largest absolute Gasteiger partial charge is 0.494 e. The third-order valence-electron chi connectivity index (χ3n) is 3.31. The van der Waals surface area contributed by atoms with Gasteiger partial charge in [-0.25, -0.2) is 0 Å². The van der Waals surface area contributed by atoms with Crippen molar-refractivity contribution in [2.24, 2.45) is 0 Å². The highest BCUT2D eigenvalue weighted by atomic mass is 35.5. The molecule has 0 radical (unpaired) electrons. The summed E-state index contributed by atoms with van der Waals surface area (Å²) in [6, 6.07) is 10.1. The highest BCUT2D eigenvalue weighted by Gasteiger charge is 2.13. The summed E-state index contributed by atoms with van der Waals surface area (Å²) in [4.78, 5) is 22.5. The van der Waals surface area contributed by atoms with E-state index < -0.39 is 10.8 Å². The summed E-state index contributed by atoms with van der Waals surface area (Å²) in [6.45, 7) is 0. The maximum Gasteiger partial charge on any atom is 0.273 e. The van der Waals surface area contributed by atoms with Gasteiger partial charge < -0.3 is 15.4 Å². The van der Waals surface area contributed by atoms with Crippen molar-refractivity contribution in [2.45, 2.75) is 0 Å². The predicted octanol–water partition coefficient (Wildman–Crippen LogP) is 4.37. The van der Waals surface area contributed by atoms with Gasteiger partial charge >= 0.3 is 0 Å². The van der Waals surface area contributed by atoms with Gasteiger partial charge in [-0.1, -0.05) is 23.2 Å². The predicted molar refractivity (Wildman–Crippen MR) is 102 cm³/mol. The van der Waals surface area contributed by atoms with E-state index in [1.807, 2.05) is 0 Å². The van der Waals surface area contributed by atoms with Gasteiger partial charge in [-0.3, -0.25) is 14.9 Å². The molecule has 0 unspecified atom stereocenters. The molecule has 2 aromatic carbocycles. The minimum absolute atomic E-state index is 0.153. The lowest BCUT2D eigenvalue weighted by Gasteiger charge is -2.09. The molecule has 8 nitrogen and oxygen atoms in total. The molecule has 2 rings (SSSR count). The number of halogens is 2. The number of nitriles is 1. The van der Waals surface area contributed by atoms with Gasteiger partial charge in [-0.15, -0.1) is 0 Å². The van der Waals surface area contributed by atoms with E-state index in [0.717, 1.165) is 6.20 Å². The number of nitrogens with zero attached hydrogens (tertiary/aromatic N) is 2. The first kappa shape index (κ1) is 20.0. The van der Waals surface area contributed by atoms with Crippen molar-refractivity contribution in [1.29, 1.82) is 5.26 Å². The van der Waals surface area contributed by atoms with Gasteiger partial charge in [0.05, 0.1) is 33.8 Å². The Morgan fingerprint density at radius 1 is 1.26 bits per heavy atom. The third-order valence-corrected chi connectivity index (χ3v) is 4.05. The van der Waals surface area contributed by atoms with Crippen molar-refractivity contribution in [2.75, 3.05) is 17.7 Å². The number of benzene rings is 2. The van der Waals surface area contributed by atoms with E-state index in [2.05, 4.69) is 10.6 Å². The van der Waals surface area contributed by atoms with E-state index in [0.29, 0.717) is 16.4 Å². The van der Waals surface area contributed by atoms with Gasteiger partial charge in [-0.05, 0) is 24.3 Å². The SMILES string of the molecule is COc1cc([N+](=O)[O-])ccc1N/C=C(/C#N)C(=O)Nc1ccc(Cl)c(Cl)c1. The molecular weight excluding hydrogens is 395 g/mol. The number of methoxy groups -OCH3 is 1. The molecule has 0 fully saturated rings. The first-order valence-electron chi connectivity index (χ1n) is 7.31. The van der Waals surface area contributed by atoms with Crippen LogP contribution >= 0.6 is 23.2 Å². The number of carbonyl (C=O) groups excluding carboxylic acids is 1. The van der Waals surface area contributed by atoms with Crippen LogP contribution in [0.2, 0.25) is 10.0 Å². The number of ether oxygens (including phenoxy) is 1. The summed E-state index contributed by atoms with van der Waals surface area (Å²) in [5, 5.41) is 25.8. The van der Waals surface area contributed by atoms with Crippen molar-refractivity contribution < 1.29 is 14.5 Å². The van der Waals surface area contributed by atoms with Crippen molar-refractivity contribution in [3.8, 4) is 11.8 Å². The molecule has 138 valence electrons. The minimum Gasteiger partial charge on any atom is -0.494 e. The first-order valence-corrected chi connectivity index (χ1v) is 8.07. The molecule has 1 amide bonds. The highest BCUT2D eigenvalue weighted by Crippen LogP contribution is 2.29. The van der Waals surface area contributed by atoms with Gasteiger partial charge in [0.15, 0.2) is 0 Å². The van der Waals surface area contributed by atoms with Gasteiger partial charge in [0.2, 0.25) is 0 Å². The van der Waals surface area contributed by atoms with Crippen molar-refractivity contribution in [3.63, 3.8) is 0 Å². The number of anilines is 2. The van der Waals surface area contributed by atoms with E-state index in [1.54, 1.807) is 6.07 Å². The highest BCUT2D eigenvalue weighted by molar-refractivity contribution is 6.42. The fourth-order valence-electron chi connectivity index (χ4n) is 1.98. The third kappa shape index (κ3) is 5.10. The van der Waals surface area contributed by atoms with E-state index in [-0.39, 0.29) is 22.0 Å². The van der Waals surface area contributed by atoms with Gasteiger partial charge in [0.1, 0.15) is 17.4 Å². The van der Waals surface area contributed by atoms with Crippen molar-refractivity contribution in [3.05, 3.63) is 68.3 Å². The van der Waals surface area contributed by atoms with Gasteiger partial charge in [0, 0.05) is 18.0 Å². The van der Waals surface area contributed by atoms with Crippen LogP contribution in [-0.2, 0) is 4.79 Å². The number of nitrogens with one attached hydrogen (secondary N) is 2. The number of hydrogen-bond donors (Lipinski definition) is 2.